The highest BCUT2D eigenvalue weighted by Gasteiger charge is 2.25. The Morgan fingerprint density at radius 3 is 2.56 bits per heavy atom. The summed E-state index contributed by atoms with van der Waals surface area (Å²) in [4.78, 5) is 26.0. The van der Waals surface area contributed by atoms with Crippen LogP contribution in [0.5, 0.6) is 0 Å². The lowest BCUT2D eigenvalue weighted by atomic mass is 10.0. The number of hydrogen-bond acceptors (Lipinski definition) is 4. The fourth-order valence-electron chi connectivity index (χ4n) is 3.63. The van der Waals surface area contributed by atoms with Crippen molar-refractivity contribution in [2.45, 2.75) is 13.8 Å². The molecular formula is C21H21ClN4O. The molecule has 0 saturated carbocycles. The first-order chi connectivity index (χ1) is 13.0. The Morgan fingerprint density at radius 2 is 1.85 bits per heavy atom. The average Bonchev–Trinajstić information content (AvgIpc) is 2.68. The minimum atomic E-state index is -0.0609. The molecule has 0 bridgehead atoms. The number of aromatic nitrogens is 2. The van der Waals surface area contributed by atoms with E-state index in [-0.39, 0.29) is 11.1 Å². The largest absolute Gasteiger partial charge is 0.353 e. The Labute approximate surface area is 163 Å². The normalized spacial score (nSPS) is 14.6. The molecule has 27 heavy (non-hydrogen) atoms. The second-order valence-electron chi connectivity index (χ2n) is 6.95. The molecule has 0 N–H and O–H groups in total. The van der Waals surface area contributed by atoms with Crippen molar-refractivity contribution in [2.75, 3.05) is 31.1 Å². The summed E-state index contributed by atoms with van der Waals surface area (Å²) in [6.07, 6.45) is 1.79. The summed E-state index contributed by atoms with van der Waals surface area (Å²) in [6, 6.07) is 11.9. The van der Waals surface area contributed by atoms with Gasteiger partial charge >= 0.3 is 0 Å². The highest BCUT2D eigenvalue weighted by atomic mass is 35.5. The van der Waals surface area contributed by atoms with Crippen LogP contribution in [0.3, 0.4) is 0 Å². The van der Waals surface area contributed by atoms with Crippen molar-refractivity contribution in [3.05, 3.63) is 64.4 Å². The van der Waals surface area contributed by atoms with Crippen LogP contribution in [0.25, 0.3) is 10.9 Å². The van der Waals surface area contributed by atoms with Gasteiger partial charge in [-0.1, -0.05) is 29.3 Å². The molecule has 3 aromatic rings. The number of pyridine rings is 2. The number of anilines is 1. The minimum absolute atomic E-state index is 0.0609. The van der Waals surface area contributed by atoms with Crippen molar-refractivity contribution < 1.29 is 4.79 Å². The van der Waals surface area contributed by atoms with Crippen LogP contribution in [0.4, 0.5) is 5.82 Å². The molecule has 0 radical (unpaired) electrons. The SMILES string of the molecule is Cc1cc(C)c2nc(Cl)c(C(=O)N3CCN(c4ccccn4)CC3)cc2c1. The summed E-state index contributed by atoms with van der Waals surface area (Å²) in [6.45, 7) is 6.82. The third-order valence-electron chi connectivity index (χ3n) is 4.98. The molecule has 1 aromatic carbocycles. The summed E-state index contributed by atoms with van der Waals surface area (Å²) in [5.41, 5.74) is 3.53. The van der Waals surface area contributed by atoms with Gasteiger partial charge in [0.2, 0.25) is 0 Å². The van der Waals surface area contributed by atoms with Gasteiger partial charge in [-0.2, -0.15) is 0 Å². The lowest BCUT2D eigenvalue weighted by molar-refractivity contribution is 0.0746. The number of benzene rings is 1. The molecule has 1 saturated heterocycles. The van der Waals surface area contributed by atoms with Gasteiger partial charge in [0, 0.05) is 37.8 Å². The van der Waals surface area contributed by atoms with E-state index in [0.29, 0.717) is 18.7 Å². The summed E-state index contributed by atoms with van der Waals surface area (Å²) in [7, 11) is 0. The van der Waals surface area contributed by atoms with E-state index in [0.717, 1.165) is 40.9 Å². The van der Waals surface area contributed by atoms with E-state index >= 15 is 0 Å². The van der Waals surface area contributed by atoms with E-state index in [1.807, 2.05) is 49.1 Å². The van der Waals surface area contributed by atoms with Crippen molar-refractivity contribution in [1.29, 1.82) is 0 Å². The zero-order valence-corrected chi connectivity index (χ0v) is 16.2. The third-order valence-corrected chi connectivity index (χ3v) is 5.27. The first kappa shape index (κ1) is 17.7. The number of fused-ring (bicyclic) bond motifs is 1. The zero-order valence-electron chi connectivity index (χ0n) is 15.4. The number of nitrogens with zero attached hydrogens (tertiary/aromatic N) is 4. The van der Waals surface area contributed by atoms with Crippen LogP contribution in [0, 0.1) is 13.8 Å². The van der Waals surface area contributed by atoms with Crippen LogP contribution >= 0.6 is 11.6 Å². The molecular weight excluding hydrogens is 360 g/mol. The van der Waals surface area contributed by atoms with E-state index in [9.17, 15) is 4.79 Å². The average molecular weight is 381 g/mol. The standard InChI is InChI=1S/C21H21ClN4O/c1-14-11-15(2)19-16(12-14)13-17(20(22)24-19)21(27)26-9-7-25(8-10-26)18-5-3-4-6-23-18/h3-6,11-13H,7-10H2,1-2H3. The number of amides is 1. The molecule has 4 rings (SSSR count). The van der Waals surface area contributed by atoms with Crippen molar-refractivity contribution in [3.8, 4) is 0 Å². The predicted octanol–water partition coefficient (Wildman–Crippen LogP) is 3.86. The van der Waals surface area contributed by atoms with E-state index in [1.54, 1.807) is 6.20 Å². The zero-order chi connectivity index (χ0) is 19.0. The quantitative estimate of drug-likeness (QED) is 0.633. The summed E-state index contributed by atoms with van der Waals surface area (Å²) < 4.78 is 0. The smallest absolute Gasteiger partial charge is 0.257 e. The van der Waals surface area contributed by atoms with Gasteiger partial charge in [-0.25, -0.2) is 9.97 Å². The molecule has 0 atom stereocenters. The van der Waals surface area contributed by atoms with Crippen LogP contribution in [0.2, 0.25) is 5.15 Å². The first-order valence-electron chi connectivity index (χ1n) is 9.05. The molecule has 2 aromatic heterocycles. The van der Waals surface area contributed by atoms with Gasteiger partial charge in [0.15, 0.2) is 0 Å². The van der Waals surface area contributed by atoms with Crippen molar-refractivity contribution in [2.24, 2.45) is 0 Å². The highest BCUT2D eigenvalue weighted by molar-refractivity contribution is 6.33. The van der Waals surface area contributed by atoms with Crippen molar-refractivity contribution in [3.63, 3.8) is 0 Å². The molecule has 3 heterocycles. The van der Waals surface area contributed by atoms with Gasteiger partial charge in [0.1, 0.15) is 11.0 Å². The first-order valence-corrected chi connectivity index (χ1v) is 9.43. The van der Waals surface area contributed by atoms with Crippen LogP contribution < -0.4 is 4.90 Å². The number of hydrogen-bond donors (Lipinski definition) is 0. The maximum atomic E-state index is 13.0. The number of carbonyl (C=O) groups excluding carboxylic acids is 1. The molecule has 6 heteroatoms. The topological polar surface area (TPSA) is 49.3 Å². The van der Waals surface area contributed by atoms with E-state index in [2.05, 4.69) is 20.9 Å². The van der Waals surface area contributed by atoms with Gasteiger partial charge in [-0.15, -0.1) is 0 Å². The monoisotopic (exact) mass is 380 g/mol. The summed E-state index contributed by atoms with van der Waals surface area (Å²) in [5, 5.41) is 1.22. The number of aryl methyl sites for hydroxylation is 2. The van der Waals surface area contributed by atoms with Crippen LogP contribution in [0.1, 0.15) is 21.5 Å². The lowest BCUT2D eigenvalue weighted by Gasteiger charge is -2.35. The summed E-state index contributed by atoms with van der Waals surface area (Å²) in [5.74, 6) is 0.884. The Morgan fingerprint density at radius 1 is 1.07 bits per heavy atom. The molecule has 0 unspecified atom stereocenters. The van der Waals surface area contributed by atoms with Gasteiger partial charge in [0.05, 0.1) is 11.1 Å². The predicted molar refractivity (Wildman–Crippen MR) is 109 cm³/mol. The molecule has 0 spiro atoms. The molecule has 1 aliphatic heterocycles. The molecule has 0 aliphatic carbocycles. The van der Waals surface area contributed by atoms with Crippen molar-refractivity contribution in [1.82, 2.24) is 14.9 Å². The van der Waals surface area contributed by atoms with Crippen LogP contribution in [0.15, 0.2) is 42.6 Å². The Bertz CT molecular complexity index is 998. The second-order valence-corrected chi connectivity index (χ2v) is 7.31. The number of rotatable bonds is 2. The number of halogens is 1. The lowest BCUT2D eigenvalue weighted by Crippen LogP contribution is -2.49. The summed E-state index contributed by atoms with van der Waals surface area (Å²) >= 11 is 6.37. The van der Waals surface area contributed by atoms with Gasteiger partial charge in [-0.3, -0.25) is 4.79 Å². The minimum Gasteiger partial charge on any atom is -0.353 e. The van der Waals surface area contributed by atoms with Crippen LogP contribution in [-0.4, -0.2) is 47.0 Å². The van der Waals surface area contributed by atoms with Crippen molar-refractivity contribution >= 4 is 34.2 Å². The van der Waals surface area contributed by atoms with Gasteiger partial charge < -0.3 is 9.80 Å². The van der Waals surface area contributed by atoms with E-state index in [4.69, 9.17) is 11.6 Å². The highest BCUT2D eigenvalue weighted by Crippen LogP contribution is 2.26. The molecule has 1 amide bonds. The molecule has 1 aliphatic rings. The van der Waals surface area contributed by atoms with Gasteiger partial charge in [0.25, 0.3) is 5.91 Å². The number of piperazine rings is 1. The molecule has 1 fully saturated rings. The Hall–Kier alpha value is -2.66. The molecule has 138 valence electrons. The van der Waals surface area contributed by atoms with Gasteiger partial charge in [-0.05, 0) is 43.7 Å². The Kier molecular flexibility index (Phi) is 4.70. The fourth-order valence-corrected chi connectivity index (χ4v) is 3.85. The van der Waals surface area contributed by atoms with E-state index < -0.39 is 0 Å². The fraction of sp³-hybridized carbons (Fsp3) is 0.286. The maximum Gasteiger partial charge on any atom is 0.257 e. The Balaban J connectivity index is 1.56. The molecule has 5 nitrogen and oxygen atoms in total. The maximum absolute atomic E-state index is 13.0. The van der Waals surface area contributed by atoms with E-state index in [1.165, 1.54) is 0 Å². The second kappa shape index (κ2) is 7.16. The number of carbonyl (C=O) groups is 1. The third kappa shape index (κ3) is 3.47. The van der Waals surface area contributed by atoms with Crippen LogP contribution in [-0.2, 0) is 0 Å².